The quantitative estimate of drug-likeness (QED) is 0.846. The molecule has 0 radical (unpaired) electrons. The molecule has 0 amide bonds. The van der Waals surface area contributed by atoms with E-state index >= 15 is 0 Å². The zero-order chi connectivity index (χ0) is 11.8. The van der Waals surface area contributed by atoms with Crippen LogP contribution in [0.15, 0.2) is 11.1 Å². The number of H-pyrrole nitrogens is 1. The number of nitrogens with one attached hydrogen (secondary N) is 2. The molecule has 2 aliphatic rings. The highest BCUT2D eigenvalue weighted by Gasteiger charge is 2.41. The summed E-state index contributed by atoms with van der Waals surface area (Å²) in [5, 5.41) is 3.40. The van der Waals surface area contributed by atoms with Crippen molar-refractivity contribution in [1.29, 1.82) is 0 Å². The molecule has 17 heavy (non-hydrogen) atoms. The van der Waals surface area contributed by atoms with E-state index in [0.717, 1.165) is 24.3 Å². The van der Waals surface area contributed by atoms with E-state index in [9.17, 15) is 4.79 Å². The maximum absolute atomic E-state index is 11.3. The van der Waals surface area contributed by atoms with Crippen LogP contribution in [0.4, 0.5) is 5.82 Å². The number of aromatic nitrogens is 2. The second-order valence-corrected chi connectivity index (χ2v) is 5.49. The molecule has 1 heterocycles. The van der Waals surface area contributed by atoms with Gasteiger partial charge in [0.1, 0.15) is 5.02 Å². The van der Waals surface area contributed by atoms with Crippen molar-refractivity contribution < 1.29 is 0 Å². The highest BCUT2D eigenvalue weighted by Crippen LogP contribution is 2.49. The van der Waals surface area contributed by atoms with Gasteiger partial charge in [0.25, 0.3) is 5.56 Å². The minimum Gasteiger partial charge on any atom is -0.368 e. The Bertz CT molecular complexity index is 453. The third-order valence-electron chi connectivity index (χ3n) is 3.76. The Balaban J connectivity index is 1.66. The van der Waals surface area contributed by atoms with Crippen molar-refractivity contribution in [3.8, 4) is 0 Å². The van der Waals surface area contributed by atoms with E-state index in [1.807, 2.05) is 0 Å². The van der Waals surface area contributed by atoms with Crippen LogP contribution in [0.5, 0.6) is 0 Å². The molecule has 0 aliphatic heterocycles. The number of anilines is 1. The number of halogens is 1. The van der Waals surface area contributed by atoms with Crippen molar-refractivity contribution in [2.75, 3.05) is 11.9 Å². The average molecular weight is 254 g/mol. The first kappa shape index (κ1) is 11.1. The summed E-state index contributed by atoms with van der Waals surface area (Å²) in [5.41, 5.74) is -0.279. The smallest absolute Gasteiger partial charge is 0.271 e. The van der Waals surface area contributed by atoms with Crippen molar-refractivity contribution in [3.63, 3.8) is 0 Å². The van der Waals surface area contributed by atoms with Crippen molar-refractivity contribution in [2.45, 2.75) is 25.7 Å². The van der Waals surface area contributed by atoms with Gasteiger partial charge in [0, 0.05) is 6.54 Å². The summed E-state index contributed by atoms with van der Waals surface area (Å²) in [7, 11) is 0. The van der Waals surface area contributed by atoms with Crippen LogP contribution in [0.3, 0.4) is 0 Å². The van der Waals surface area contributed by atoms with Crippen LogP contribution in [0, 0.1) is 17.8 Å². The molecule has 3 rings (SSSR count). The molecule has 2 saturated carbocycles. The fraction of sp³-hybridized carbons (Fsp3) is 0.667. The van der Waals surface area contributed by atoms with Crippen LogP contribution in [0.2, 0.25) is 5.02 Å². The summed E-state index contributed by atoms with van der Waals surface area (Å²) >= 11 is 5.90. The van der Waals surface area contributed by atoms with E-state index in [4.69, 9.17) is 11.6 Å². The Morgan fingerprint density at radius 1 is 1.41 bits per heavy atom. The van der Waals surface area contributed by atoms with Gasteiger partial charge in [0.2, 0.25) is 0 Å². The standard InChI is InChI=1S/C12H16ClN3O/c13-10-11(15-6-16-12(10)17)14-5-9(7-1-2-7)8-3-4-8/h6-9H,1-5H2,(H2,14,15,16,17). The van der Waals surface area contributed by atoms with Gasteiger partial charge in [0.15, 0.2) is 5.82 Å². The van der Waals surface area contributed by atoms with Gasteiger partial charge in [-0.3, -0.25) is 4.79 Å². The molecule has 2 fully saturated rings. The molecule has 0 saturated heterocycles. The normalized spacial score (nSPS) is 19.6. The third kappa shape index (κ3) is 2.46. The van der Waals surface area contributed by atoms with Crippen molar-refractivity contribution in [3.05, 3.63) is 21.7 Å². The molecular weight excluding hydrogens is 238 g/mol. The van der Waals surface area contributed by atoms with Gasteiger partial charge in [0.05, 0.1) is 6.33 Å². The maximum atomic E-state index is 11.3. The van der Waals surface area contributed by atoms with E-state index in [0.29, 0.717) is 5.82 Å². The predicted molar refractivity (Wildman–Crippen MR) is 67.3 cm³/mol. The first-order valence-corrected chi connectivity index (χ1v) is 6.60. The second kappa shape index (κ2) is 4.33. The predicted octanol–water partition coefficient (Wildman–Crippen LogP) is 2.27. The third-order valence-corrected chi connectivity index (χ3v) is 4.11. The van der Waals surface area contributed by atoms with Crippen LogP contribution in [-0.2, 0) is 0 Å². The highest BCUT2D eigenvalue weighted by atomic mass is 35.5. The van der Waals surface area contributed by atoms with Crippen LogP contribution in [0.25, 0.3) is 0 Å². The highest BCUT2D eigenvalue weighted by molar-refractivity contribution is 6.32. The van der Waals surface area contributed by atoms with Crippen LogP contribution < -0.4 is 10.9 Å². The lowest BCUT2D eigenvalue weighted by Gasteiger charge is -2.16. The van der Waals surface area contributed by atoms with Gasteiger partial charge in [-0.05, 0) is 43.4 Å². The Labute approximate surface area is 105 Å². The molecule has 2 aliphatic carbocycles. The topological polar surface area (TPSA) is 57.8 Å². The van der Waals surface area contributed by atoms with Gasteiger partial charge < -0.3 is 10.3 Å². The van der Waals surface area contributed by atoms with Gasteiger partial charge >= 0.3 is 0 Å². The van der Waals surface area contributed by atoms with Crippen LogP contribution >= 0.6 is 11.6 Å². The summed E-state index contributed by atoms with van der Waals surface area (Å²) in [6.45, 7) is 0.894. The summed E-state index contributed by atoms with van der Waals surface area (Å²) < 4.78 is 0. The monoisotopic (exact) mass is 253 g/mol. The van der Waals surface area contributed by atoms with Gasteiger partial charge in [-0.15, -0.1) is 0 Å². The Hall–Kier alpha value is -1.03. The van der Waals surface area contributed by atoms with Crippen molar-refractivity contribution in [1.82, 2.24) is 9.97 Å². The molecule has 2 N–H and O–H groups in total. The lowest BCUT2D eigenvalue weighted by molar-refractivity contribution is 0.427. The second-order valence-electron chi connectivity index (χ2n) is 5.11. The van der Waals surface area contributed by atoms with Crippen molar-refractivity contribution >= 4 is 17.4 Å². The zero-order valence-electron chi connectivity index (χ0n) is 9.58. The number of hydrogen-bond donors (Lipinski definition) is 2. The molecule has 92 valence electrons. The van der Waals surface area contributed by atoms with Gasteiger partial charge in [-0.25, -0.2) is 4.98 Å². The molecule has 0 atom stereocenters. The first-order chi connectivity index (χ1) is 8.25. The van der Waals surface area contributed by atoms with Crippen LogP contribution in [-0.4, -0.2) is 16.5 Å². The summed E-state index contributed by atoms with van der Waals surface area (Å²) in [6.07, 6.45) is 6.83. The van der Waals surface area contributed by atoms with E-state index in [-0.39, 0.29) is 10.6 Å². The number of nitrogens with zero attached hydrogens (tertiary/aromatic N) is 1. The van der Waals surface area contributed by atoms with E-state index in [2.05, 4.69) is 15.3 Å². The SMILES string of the molecule is O=c1[nH]cnc(NCC(C2CC2)C2CC2)c1Cl. The summed E-state index contributed by atoms with van der Waals surface area (Å²) in [6, 6.07) is 0. The number of rotatable bonds is 5. The lowest BCUT2D eigenvalue weighted by atomic mass is 9.98. The number of aromatic amines is 1. The molecule has 1 aromatic heterocycles. The largest absolute Gasteiger partial charge is 0.368 e. The van der Waals surface area contributed by atoms with Gasteiger partial charge in [-0.2, -0.15) is 0 Å². The molecular formula is C12H16ClN3O. The zero-order valence-corrected chi connectivity index (χ0v) is 10.3. The van der Waals surface area contributed by atoms with E-state index in [1.165, 1.54) is 32.0 Å². The molecule has 5 heteroatoms. The Morgan fingerprint density at radius 2 is 2.06 bits per heavy atom. The molecule has 1 aromatic rings. The van der Waals surface area contributed by atoms with E-state index < -0.39 is 0 Å². The van der Waals surface area contributed by atoms with E-state index in [1.54, 1.807) is 0 Å². The van der Waals surface area contributed by atoms with Gasteiger partial charge in [-0.1, -0.05) is 11.6 Å². The minimum atomic E-state index is -0.279. The Kier molecular flexibility index (Phi) is 2.82. The van der Waals surface area contributed by atoms with Crippen LogP contribution in [0.1, 0.15) is 25.7 Å². The Morgan fingerprint density at radius 3 is 2.65 bits per heavy atom. The van der Waals surface area contributed by atoms with Crippen molar-refractivity contribution in [2.24, 2.45) is 17.8 Å². The lowest BCUT2D eigenvalue weighted by Crippen LogP contribution is -2.20. The fourth-order valence-electron chi connectivity index (χ4n) is 2.49. The first-order valence-electron chi connectivity index (χ1n) is 6.23. The average Bonchev–Trinajstić information content (AvgIpc) is 3.14. The molecule has 0 aromatic carbocycles. The molecule has 4 nitrogen and oxygen atoms in total. The fourth-order valence-corrected chi connectivity index (χ4v) is 2.66. The maximum Gasteiger partial charge on any atom is 0.271 e. The summed E-state index contributed by atoms with van der Waals surface area (Å²) in [5.74, 6) is 3.03. The molecule has 0 unspecified atom stereocenters. The number of hydrogen-bond acceptors (Lipinski definition) is 3. The minimum absolute atomic E-state index is 0.165. The molecule has 0 spiro atoms. The molecule has 0 bridgehead atoms. The summed E-state index contributed by atoms with van der Waals surface area (Å²) in [4.78, 5) is 17.8.